The molecule has 34 heavy (non-hydrogen) atoms. The van der Waals surface area contributed by atoms with Crippen molar-refractivity contribution in [1.82, 2.24) is 18.7 Å². The Labute approximate surface area is 198 Å². The fourth-order valence-corrected chi connectivity index (χ4v) is 3.90. The summed E-state index contributed by atoms with van der Waals surface area (Å²) in [6, 6.07) is 10.8. The Bertz CT molecular complexity index is 1500. The molecular formula is C24H22ClFN4O4. The van der Waals surface area contributed by atoms with Gasteiger partial charge in [-0.05, 0) is 42.8 Å². The Hall–Kier alpha value is -3.72. The van der Waals surface area contributed by atoms with Gasteiger partial charge in [-0.15, -0.1) is 0 Å². The van der Waals surface area contributed by atoms with Crippen molar-refractivity contribution in [3.8, 4) is 11.8 Å². The number of ether oxygens (including phenoxy) is 1. The smallest absolute Gasteiger partial charge is 0.332 e. The zero-order valence-corrected chi connectivity index (χ0v) is 19.6. The molecule has 0 aliphatic carbocycles. The van der Waals surface area contributed by atoms with Crippen LogP contribution >= 0.6 is 11.6 Å². The van der Waals surface area contributed by atoms with Crippen LogP contribution in [-0.2, 0) is 20.6 Å². The topological polar surface area (TPSA) is 88.1 Å². The van der Waals surface area contributed by atoms with Crippen molar-refractivity contribution in [2.24, 2.45) is 14.1 Å². The van der Waals surface area contributed by atoms with Crippen molar-refractivity contribution in [2.75, 3.05) is 0 Å². The first-order chi connectivity index (χ1) is 16.2. The standard InChI is InChI=1S/C24H22ClFN4O4/c1-4-6-19(31)14-9-11-15(12-10-14)34-23-27-21-20(22(32)29(3)24(33)28(21)2)30(23)13-16-17(25)7-5-8-18(16)26/h5,7-12H,4,6,13H2,1-3H3. The monoisotopic (exact) mass is 484 g/mol. The van der Waals surface area contributed by atoms with Gasteiger partial charge in [-0.25, -0.2) is 9.18 Å². The van der Waals surface area contributed by atoms with E-state index in [0.717, 1.165) is 11.0 Å². The van der Waals surface area contributed by atoms with Crippen LogP contribution in [0.1, 0.15) is 35.7 Å². The molecule has 176 valence electrons. The summed E-state index contributed by atoms with van der Waals surface area (Å²) in [4.78, 5) is 41.9. The van der Waals surface area contributed by atoms with Crippen LogP contribution in [0.15, 0.2) is 52.1 Å². The summed E-state index contributed by atoms with van der Waals surface area (Å²) in [5.74, 6) is -0.180. The first-order valence-electron chi connectivity index (χ1n) is 10.6. The number of aromatic nitrogens is 4. The van der Waals surface area contributed by atoms with Crippen LogP contribution in [0.3, 0.4) is 0 Å². The summed E-state index contributed by atoms with van der Waals surface area (Å²) < 4.78 is 24.1. The van der Waals surface area contributed by atoms with Crippen LogP contribution in [0.4, 0.5) is 4.39 Å². The van der Waals surface area contributed by atoms with E-state index in [1.165, 1.54) is 35.4 Å². The van der Waals surface area contributed by atoms with E-state index in [1.54, 1.807) is 30.3 Å². The zero-order valence-electron chi connectivity index (χ0n) is 18.8. The molecule has 8 nitrogen and oxygen atoms in total. The molecule has 0 spiro atoms. The number of hydrogen-bond acceptors (Lipinski definition) is 5. The molecular weight excluding hydrogens is 463 g/mol. The molecule has 10 heteroatoms. The molecule has 0 aliphatic heterocycles. The van der Waals surface area contributed by atoms with E-state index in [0.29, 0.717) is 17.7 Å². The third-order valence-electron chi connectivity index (χ3n) is 5.55. The van der Waals surface area contributed by atoms with Gasteiger partial charge >= 0.3 is 11.7 Å². The molecule has 0 atom stereocenters. The molecule has 0 saturated heterocycles. The fraction of sp³-hybridized carbons (Fsp3) is 0.250. The van der Waals surface area contributed by atoms with E-state index >= 15 is 0 Å². The van der Waals surface area contributed by atoms with Gasteiger partial charge in [-0.1, -0.05) is 24.6 Å². The second-order valence-electron chi connectivity index (χ2n) is 7.86. The molecule has 0 unspecified atom stereocenters. The number of carbonyl (C=O) groups is 1. The number of rotatable bonds is 7. The van der Waals surface area contributed by atoms with Crippen LogP contribution in [0.2, 0.25) is 5.02 Å². The zero-order chi connectivity index (χ0) is 24.6. The number of ketones is 1. The largest absolute Gasteiger partial charge is 0.425 e. The molecule has 2 heterocycles. The number of fused-ring (bicyclic) bond motifs is 1. The van der Waals surface area contributed by atoms with Crippen LogP contribution in [-0.4, -0.2) is 24.5 Å². The lowest BCUT2D eigenvalue weighted by molar-refractivity contribution is 0.0981. The highest BCUT2D eigenvalue weighted by molar-refractivity contribution is 6.31. The van der Waals surface area contributed by atoms with E-state index in [4.69, 9.17) is 16.3 Å². The Balaban J connectivity index is 1.86. The normalized spacial score (nSPS) is 11.2. The van der Waals surface area contributed by atoms with Gasteiger partial charge in [0.2, 0.25) is 0 Å². The van der Waals surface area contributed by atoms with E-state index in [1.807, 2.05) is 6.92 Å². The number of aryl methyl sites for hydroxylation is 1. The van der Waals surface area contributed by atoms with Crippen LogP contribution in [0.25, 0.3) is 11.2 Å². The average molecular weight is 485 g/mol. The highest BCUT2D eigenvalue weighted by atomic mass is 35.5. The number of benzene rings is 2. The van der Waals surface area contributed by atoms with E-state index in [2.05, 4.69) is 4.98 Å². The van der Waals surface area contributed by atoms with Crippen molar-refractivity contribution in [3.05, 3.63) is 85.3 Å². The van der Waals surface area contributed by atoms with Crippen molar-refractivity contribution in [1.29, 1.82) is 0 Å². The second kappa shape index (κ2) is 9.26. The summed E-state index contributed by atoms with van der Waals surface area (Å²) in [5, 5.41) is 0.174. The van der Waals surface area contributed by atoms with Crippen molar-refractivity contribution in [2.45, 2.75) is 26.3 Å². The van der Waals surface area contributed by atoms with Crippen LogP contribution in [0.5, 0.6) is 11.8 Å². The number of halogens is 2. The summed E-state index contributed by atoms with van der Waals surface area (Å²) >= 11 is 6.23. The maximum Gasteiger partial charge on any atom is 0.332 e. The summed E-state index contributed by atoms with van der Waals surface area (Å²) in [6.45, 7) is 1.77. The Morgan fingerprint density at radius 3 is 2.44 bits per heavy atom. The van der Waals surface area contributed by atoms with Crippen molar-refractivity contribution >= 4 is 28.5 Å². The molecule has 0 radical (unpaired) electrons. The Morgan fingerprint density at radius 2 is 1.79 bits per heavy atom. The number of imidazole rings is 1. The molecule has 0 bridgehead atoms. The molecule has 0 fully saturated rings. The number of hydrogen-bond donors (Lipinski definition) is 0. The molecule has 0 N–H and O–H groups in total. The van der Waals surface area contributed by atoms with Gasteiger partial charge in [0, 0.05) is 36.7 Å². The van der Waals surface area contributed by atoms with E-state index in [-0.39, 0.29) is 40.1 Å². The van der Waals surface area contributed by atoms with Gasteiger partial charge in [-0.3, -0.25) is 23.3 Å². The molecule has 4 rings (SSSR count). The molecule has 0 aliphatic rings. The molecule has 2 aromatic heterocycles. The molecule has 0 saturated carbocycles. The van der Waals surface area contributed by atoms with Gasteiger partial charge in [0.05, 0.1) is 6.54 Å². The fourth-order valence-electron chi connectivity index (χ4n) is 3.68. The van der Waals surface area contributed by atoms with Crippen LogP contribution in [0, 0.1) is 5.82 Å². The minimum absolute atomic E-state index is 0.0222. The highest BCUT2D eigenvalue weighted by Crippen LogP contribution is 2.28. The van der Waals surface area contributed by atoms with Gasteiger partial charge in [0.25, 0.3) is 5.56 Å². The highest BCUT2D eigenvalue weighted by Gasteiger charge is 2.22. The first-order valence-corrected chi connectivity index (χ1v) is 11.0. The lowest BCUT2D eigenvalue weighted by Crippen LogP contribution is -2.37. The van der Waals surface area contributed by atoms with Gasteiger partial charge in [0.1, 0.15) is 11.6 Å². The lowest BCUT2D eigenvalue weighted by Gasteiger charge is -2.12. The van der Waals surface area contributed by atoms with Crippen LogP contribution < -0.4 is 16.0 Å². The Morgan fingerprint density at radius 1 is 1.09 bits per heavy atom. The minimum Gasteiger partial charge on any atom is -0.425 e. The predicted molar refractivity (Wildman–Crippen MR) is 126 cm³/mol. The minimum atomic E-state index is -0.603. The Kier molecular flexibility index (Phi) is 6.39. The molecule has 4 aromatic rings. The number of carbonyl (C=O) groups excluding carboxylic acids is 1. The first kappa shape index (κ1) is 23.4. The quantitative estimate of drug-likeness (QED) is 0.369. The second-order valence-corrected chi connectivity index (χ2v) is 8.27. The van der Waals surface area contributed by atoms with Gasteiger partial charge in [-0.2, -0.15) is 4.98 Å². The maximum atomic E-state index is 14.6. The maximum absolute atomic E-state index is 14.6. The summed E-state index contributed by atoms with van der Waals surface area (Å²) in [5.41, 5.74) is -0.314. The molecule has 2 aromatic carbocycles. The summed E-state index contributed by atoms with van der Waals surface area (Å²) in [7, 11) is 2.83. The molecule has 0 amide bonds. The van der Waals surface area contributed by atoms with Gasteiger partial charge < -0.3 is 4.74 Å². The van der Waals surface area contributed by atoms with Crippen molar-refractivity contribution in [3.63, 3.8) is 0 Å². The number of Topliss-reactive ketones (excluding diaryl/α,β-unsaturated/α-hetero) is 1. The lowest BCUT2D eigenvalue weighted by atomic mass is 10.1. The average Bonchev–Trinajstić information content (AvgIpc) is 3.17. The number of nitrogens with zero attached hydrogens (tertiary/aromatic N) is 4. The van der Waals surface area contributed by atoms with E-state index < -0.39 is 17.1 Å². The predicted octanol–water partition coefficient (Wildman–Crippen LogP) is 4.05. The summed E-state index contributed by atoms with van der Waals surface area (Å²) in [6.07, 6.45) is 1.18. The third-order valence-corrected chi connectivity index (χ3v) is 5.91. The van der Waals surface area contributed by atoms with Crippen molar-refractivity contribution < 1.29 is 13.9 Å². The SMILES string of the molecule is CCCC(=O)c1ccc(Oc2nc3c(c(=O)n(C)c(=O)n3C)n2Cc2c(F)cccc2Cl)cc1. The van der Waals surface area contributed by atoms with Gasteiger partial charge in [0.15, 0.2) is 16.9 Å². The third kappa shape index (κ3) is 4.14. The van der Waals surface area contributed by atoms with E-state index in [9.17, 15) is 18.8 Å².